The SMILES string of the molecule is O=C(O)CNN[C@@H](Cc1ccc(O)cc1)C(=O)O. The van der Waals surface area contributed by atoms with Gasteiger partial charge in [0.05, 0.1) is 0 Å². The standard InChI is InChI=1S/C11H14N2O5/c14-8-3-1-7(2-4-8)5-9(11(17)18)13-12-6-10(15)16/h1-4,9,12-14H,5-6H2,(H,15,16)(H,17,18)/t9-/m0/s1. The number of rotatable bonds is 7. The van der Waals surface area contributed by atoms with E-state index in [0.717, 1.165) is 0 Å². The van der Waals surface area contributed by atoms with Gasteiger partial charge in [-0.25, -0.2) is 10.9 Å². The highest BCUT2D eigenvalue weighted by molar-refractivity contribution is 5.74. The number of hydrogen-bond acceptors (Lipinski definition) is 5. The van der Waals surface area contributed by atoms with Crippen LogP contribution in [0.25, 0.3) is 0 Å². The van der Waals surface area contributed by atoms with Crippen molar-refractivity contribution in [1.29, 1.82) is 0 Å². The molecule has 0 aliphatic heterocycles. The quantitative estimate of drug-likeness (QED) is 0.419. The number of phenols is 1. The molecule has 0 saturated heterocycles. The first kappa shape index (κ1) is 13.9. The summed E-state index contributed by atoms with van der Waals surface area (Å²) in [6, 6.07) is 5.17. The molecule has 0 aromatic heterocycles. The van der Waals surface area contributed by atoms with Gasteiger partial charge in [0, 0.05) is 0 Å². The van der Waals surface area contributed by atoms with Crippen molar-refractivity contribution in [2.45, 2.75) is 12.5 Å². The van der Waals surface area contributed by atoms with E-state index in [4.69, 9.17) is 15.3 Å². The molecule has 0 unspecified atom stereocenters. The summed E-state index contributed by atoms with van der Waals surface area (Å²) in [5.74, 6) is -2.08. The molecule has 0 aliphatic rings. The Kier molecular flexibility index (Phi) is 5.09. The van der Waals surface area contributed by atoms with Crippen LogP contribution in [0.2, 0.25) is 0 Å². The molecule has 7 nitrogen and oxygen atoms in total. The number of aromatic hydroxyl groups is 1. The normalized spacial score (nSPS) is 12.0. The van der Waals surface area contributed by atoms with E-state index in [-0.39, 0.29) is 18.7 Å². The van der Waals surface area contributed by atoms with Crippen molar-refractivity contribution in [3.8, 4) is 5.75 Å². The van der Waals surface area contributed by atoms with E-state index in [1.807, 2.05) is 0 Å². The first-order valence-corrected chi connectivity index (χ1v) is 5.20. The lowest BCUT2D eigenvalue weighted by Gasteiger charge is -2.14. The number of carboxylic acids is 2. The molecule has 98 valence electrons. The van der Waals surface area contributed by atoms with Gasteiger partial charge in [-0.15, -0.1) is 0 Å². The molecule has 0 amide bonds. The molecule has 1 aromatic rings. The third kappa shape index (κ3) is 4.81. The summed E-state index contributed by atoms with van der Waals surface area (Å²) in [6.45, 7) is -0.376. The largest absolute Gasteiger partial charge is 0.508 e. The van der Waals surface area contributed by atoms with Gasteiger partial charge in [-0.2, -0.15) is 0 Å². The molecular weight excluding hydrogens is 240 g/mol. The van der Waals surface area contributed by atoms with Gasteiger partial charge in [0.2, 0.25) is 0 Å². The van der Waals surface area contributed by atoms with Crippen LogP contribution in [0.5, 0.6) is 5.75 Å². The monoisotopic (exact) mass is 254 g/mol. The van der Waals surface area contributed by atoms with Gasteiger partial charge in [0.1, 0.15) is 18.3 Å². The predicted molar refractivity (Wildman–Crippen MR) is 62.0 cm³/mol. The highest BCUT2D eigenvalue weighted by Gasteiger charge is 2.17. The van der Waals surface area contributed by atoms with E-state index in [0.29, 0.717) is 5.56 Å². The number of hydrogen-bond donors (Lipinski definition) is 5. The fourth-order valence-electron chi connectivity index (χ4n) is 1.32. The maximum Gasteiger partial charge on any atom is 0.322 e. The van der Waals surface area contributed by atoms with Gasteiger partial charge in [-0.1, -0.05) is 12.1 Å². The fraction of sp³-hybridized carbons (Fsp3) is 0.273. The Labute approximate surface area is 103 Å². The van der Waals surface area contributed by atoms with Crippen LogP contribution in [0.4, 0.5) is 0 Å². The third-order valence-corrected chi connectivity index (χ3v) is 2.19. The van der Waals surface area contributed by atoms with Crippen LogP contribution in [0.1, 0.15) is 5.56 Å². The van der Waals surface area contributed by atoms with Crippen molar-refractivity contribution in [3.63, 3.8) is 0 Å². The molecular formula is C11H14N2O5. The number of carbonyl (C=O) groups is 2. The molecule has 1 aromatic carbocycles. The van der Waals surface area contributed by atoms with Crippen molar-refractivity contribution in [2.75, 3.05) is 6.54 Å². The second-order valence-corrected chi connectivity index (χ2v) is 3.65. The lowest BCUT2D eigenvalue weighted by molar-refractivity contribution is -0.141. The Hall–Kier alpha value is -2.12. The summed E-state index contributed by atoms with van der Waals surface area (Å²) in [5, 5.41) is 26.5. The zero-order chi connectivity index (χ0) is 13.5. The zero-order valence-electron chi connectivity index (χ0n) is 9.46. The van der Waals surface area contributed by atoms with Gasteiger partial charge >= 0.3 is 11.9 Å². The molecule has 0 heterocycles. The Balaban J connectivity index is 2.54. The number of phenolic OH excluding ortho intramolecular Hbond substituents is 1. The molecule has 7 heteroatoms. The summed E-state index contributed by atoms with van der Waals surface area (Å²) < 4.78 is 0. The first-order valence-electron chi connectivity index (χ1n) is 5.20. The average Bonchev–Trinajstić information content (AvgIpc) is 2.30. The predicted octanol–water partition coefficient (Wildman–Crippen LogP) is -0.433. The number of hydrazine groups is 1. The van der Waals surface area contributed by atoms with E-state index in [2.05, 4.69) is 10.9 Å². The molecule has 0 fully saturated rings. The second-order valence-electron chi connectivity index (χ2n) is 3.65. The highest BCUT2D eigenvalue weighted by atomic mass is 16.4. The molecule has 1 atom stereocenters. The smallest absolute Gasteiger partial charge is 0.322 e. The lowest BCUT2D eigenvalue weighted by atomic mass is 10.1. The van der Waals surface area contributed by atoms with Gasteiger partial charge < -0.3 is 15.3 Å². The summed E-state index contributed by atoms with van der Waals surface area (Å²) in [4.78, 5) is 21.2. The Bertz CT molecular complexity index is 418. The third-order valence-electron chi connectivity index (χ3n) is 2.19. The van der Waals surface area contributed by atoms with E-state index >= 15 is 0 Å². The maximum absolute atomic E-state index is 10.9. The topological polar surface area (TPSA) is 119 Å². The molecule has 1 rings (SSSR count). The van der Waals surface area contributed by atoms with Crippen LogP contribution in [0.3, 0.4) is 0 Å². The van der Waals surface area contributed by atoms with Gasteiger partial charge in [-0.05, 0) is 24.1 Å². The molecule has 5 N–H and O–H groups in total. The van der Waals surface area contributed by atoms with E-state index in [1.165, 1.54) is 12.1 Å². The van der Waals surface area contributed by atoms with Crippen LogP contribution >= 0.6 is 0 Å². The second kappa shape index (κ2) is 6.58. The summed E-state index contributed by atoms with van der Waals surface area (Å²) in [7, 11) is 0. The van der Waals surface area contributed by atoms with Gasteiger partial charge in [0.15, 0.2) is 0 Å². The number of benzene rings is 1. The van der Waals surface area contributed by atoms with E-state index < -0.39 is 18.0 Å². The van der Waals surface area contributed by atoms with E-state index in [9.17, 15) is 9.59 Å². The van der Waals surface area contributed by atoms with Crippen LogP contribution in [-0.2, 0) is 16.0 Å². The molecule has 0 radical (unpaired) electrons. The Morgan fingerprint density at radius 1 is 1.17 bits per heavy atom. The number of aliphatic carboxylic acids is 2. The number of nitrogens with one attached hydrogen (secondary N) is 2. The van der Waals surface area contributed by atoms with E-state index in [1.54, 1.807) is 12.1 Å². The summed E-state index contributed by atoms with van der Waals surface area (Å²) in [6.07, 6.45) is 0.169. The molecule has 0 saturated carbocycles. The minimum absolute atomic E-state index is 0.0996. The van der Waals surface area contributed by atoms with Crippen LogP contribution in [0.15, 0.2) is 24.3 Å². The minimum atomic E-state index is -1.10. The number of carboxylic acid groups (broad SMARTS) is 2. The Morgan fingerprint density at radius 2 is 1.78 bits per heavy atom. The van der Waals surface area contributed by atoms with Crippen molar-refractivity contribution in [1.82, 2.24) is 10.9 Å². The minimum Gasteiger partial charge on any atom is -0.508 e. The maximum atomic E-state index is 10.9. The van der Waals surface area contributed by atoms with Crippen molar-refractivity contribution < 1.29 is 24.9 Å². The average molecular weight is 254 g/mol. The van der Waals surface area contributed by atoms with Gasteiger partial charge in [0.25, 0.3) is 0 Å². The van der Waals surface area contributed by atoms with Crippen LogP contribution < -0.4 is 10.9 Å². The fourth-order valence-corrected chi connectivity index (χ4v) is 1.32. The van der Waals surface area contributed by atoms with Crippen molar-refractivity contribution in [3.05, 3.63) is 29.8 Å². The summed E-state index contributed by atoms with van der Waals surface area (Å²) >= 11 is 0. The lowest BCUT2D eigenvalue weighted by Crippen LogP contribution is -2.48. The highest BCUT2D eigenvalue weighted by Crippen LogP contribution is 2.11. The molecule has 0 spiro atoms. The summed E-state index contributed by atoms with van der Waals surface area (Å²) in [5.41, 5.74) is 5.45. The van der Waals surface area contributed by atoms with Crippen LogP contribution in [-0.4, -0.2) is 39.8 Å². The molecule has 0 aliphatic carbocycles. The zero-order valence-corrected chi connectivity index (χ0v) is 9.46. The van der Waals surface area contributed by atoms with Crippen molar-refractivity contribution in [2.24, 2.45) is 0 Å². The van der Waals surface area contributed by atoms with Gasteiger partial charge in [-0.3, -0.25) is 9.59 Å². The first-order chi connectivity index (χ1) is 8.49. The van der Waals surface area contributed by atoms with Crippen LogP contribution in [0, 0.1) is 0 Å². The molecule has 18 heavy (non-hydrogen) atoms. The molecule has 0 bridgehead atoms. The Morgan fingerprint density at radius 3 is 2.28 bits per heavy atom. The van der Waals surface area contributed by atoms with Crippen molar-refractivity contribution >= 4 is 11.9 Å².